The van der Waals surface area contributed by atoms with Crippen LogP contribution < -0.4 is 9.62 Å². The summed E-state index contributed by atoms with van der Waals surface area (Å²) < 4.78 is 52.9. The maximum absolute atomic E-state index is 13.7. The zero-order valence-corrected chi connectivity index (χ0v) is 20.4. The van der Waals surface area contributed by atoms with Crippen LogP contribution >= 0.6 is 22.9 Å². The fourth-order valence-electron chi connectivity index (χ4n) is 4.24. The Morgan fingerprint density at radius 1 is 1.30 bits per heavy atom. The average molecular weight is 519 g/mol. The number of piperidine rings is 1. The Labute approximate surface area is 200 Å². The number of carbonyl (C=O) groups is 1. The van der Waals surface area contributed by atoms with Gasteiger partial charge in [-0.3, -0.25) is 14.0 Å². The van der Waals surface area contributed by atoms with Crippen LogP contribution in [0.3, 0.4) is 0 Å². The van der Waals surface area contributed by atoms with Gasteiger partial charge in [0.05, 0.1) is 39.3 Å². The first-order valence-corrected chi connectivity index (χ1v) is 13.5. The van der Waals surface area contributed by atoms with Crippen LogP contribution in [0.5, 0.6) is 0 Å². The van der Waals surface area contributed by atoms with Crippen molar-refractivity contribution in [1.29, 1.82) is 0 Å². The Kier molecular flexibility index (Phi) is 6.95. The van der Waals surface area contributed by atoms with Crippen molar-refractivity contribution in [3.63, 3.8) is 0 Å². The molecule has 0 aliphatic carbocycles. The fourth-order valence-corrected chi connectivity index (χ4v) is 6.99. The number of nitrogens with one attached hydrogen (secondary N) is 1. The van der Waals surface area contributed by atoms with E-state index < -0.39 is 21.9 Å². The standard InChI is InChI=1S/C21H25ClF2N4O3S2/c1-14-19(32-13-26-14)18(27-8-5-21(23,24)6-9-27)12-25-20(29)16-4-3-15(11-17(16)22)28-7-2-10-33(28,30)31/h3-4,11,13,18H,2,5-10,12H2,1H3,(H,25,29). The number of rotatable bonds is 6. The number of nitrogens with zero attached hydrogens (tertiary/aromatic N) is 3. The van der Waals surface area contributed by atoms with Crippen molar-refractivity contribution in [1.82, 2.24) is 15.2 Å². The van der Waals surface area contributed by atoms with Crippen LogP contribution in [0.25, 0.3) is 0 Å². The van der Waals surface area contributed by atoms with E-state index in [1.807, 2.05) is 11.8 Å². The predicted octanol–water partition coefficient (Wildman–Crippen LogP) is 3.85. The normalized spacial score (nSPS) is 21.2. The largest absolute Gasteiger partial charge is 0.350 e. The summed E-state index contributed by atoms with van der Waals surface area (Å²) >= 11 is 7.77. The van der Waals surface area contributed by atoms with Gasteiger partial charge in [0.1, 0.15) is 0 Å². The van der Waals surface area contributed by atoms with Gasteiger partial charge < -0.3 is 5.32 Å². The number of aryl methyl sites for hydroxylation is 1. The molecule has 1 aromatic heterocycles. The highest BCUT2D eigenvalue weighted by Crippen LogP contribution is 2.34. The molecule has 2 aromatic rings. The summed E-state index contributed by atoms with van der Waals surface area (Å²) in [4.78, 5) is 20.1. The molecule has 1 N–H and O–H groups in total. The fraction of sp³-hybridized carbons (Fsp3) is 0.524. The molecule has 2 saturated heterocycles. The molecule has 0 radical (unpaired) electrons. The third-order valence-electron chi connectivity index (χ3n) is 6.10. The first-order valence-electron chi connectivity index (χ1n) is 10.7. The zero-order chi connectivity index (χ0) is 23.8. The van der Waals surface area contributed by atoms with Crippen LogP contribution in [0, 0.1) is 6.92 Å². The Morgan fingerprint density at radius 3 is 2.61 bits per heavy atom. The maximum Gasteiger partial charge on any atom is 0.252 e. The minimum Gasteiger partial charge on any atom is -0.350 e. The first kappa shape index (κ1) is 24.3. The lowest BCUT2D eigenvalue weighted by Gasteiger charge is -2.37. The molecule has 1 atom stereocenters. The Morgan fingerprint density at radius 2 is 2.03 bits per heavy atom. The molecule has 7 nitrogen and oxygen atoms in total. The van der Waals surface area contributed by atoms with E-state index in [1.54, 1.807) is 11.6 Å². The SMILES string of the molecule is Cc1ncsc1C(CNC(=O)c1ccc(N2CCCS2(=O)=O)cc1Cl)N1CCC(F)(F)CC1. The van der Waals surface area contributed by atoms with Gasteiger partial charge in [-0.1, -0.05) is 11.6 Å². The van der Waals surface area contributed by atoms with Crippen LogP contribution in [0.1, 0.15) is 46.2 Å². The lowest BCUT2D eigenvalue weighted by Crippen LogP contribution is -2.45. The van der Waals surface area contributed by atoms with E-state index in [1.165, 1.54) is 27.8 Å². The van der Waals surface area contributed by atoms with Crippen molar-refractivity contribution >= 4 is 44.6 Å². The quantitative estimate of drug-likeness (QED) is 0.628. The van der Waals surface area contributed by atoms with Crippen molar-refractivity contribution in [3.05, 3.63) is 44.9 Å². The van der Waals surface area contributed by atoms with E-state index in [4.69, 9.17) is 11.6 Å². The highest BCUT2D eigenvalue weighted by atomic mass is 35.5. The number of aromatic nitrogens is 1. The second-order valence-corrected chi connectivity index (χ2v) is 11.6. The molecule has 1 amide bonds. The van der Waals surface area contributed by atoms with Crippen molar-refractivity contribution in [2.45, 2.75) is 38.2 Å². The Bertz CT molecular complexity index is 1130. The summed E-state index contributed by atoms with van der Waals surface area (Å²) in [7, 11) is -3.35. The minimum absolute atomic E-state index is 0.0909. The van der Waals surface area contributed by atoms with Gasteiger partial charge in [0, 0.05) is 43.9 Å². The number of halogens is 3. The monoisotopic (exact) mass is 518 g/mol. The van der Waals surface area contributed by atoms with Crippen LogP contribution in [-0.2, 0) is 10.0 Å². The van der Waals surface area contributed by atoms with Gasteiger partial charge in [-0.15, -0.1) is 11.3 Å². The summed E-state index contributed by atoms with van der Waals surface area (Å²) in [6.07, 6.45) is 0.104. The van der Waals surface area contributed by atoms with E-state index in [9.17, 15) is 22.0 Å². The van der Waals surface area contributed by atoms with Gasteiger partial charge in [-0.25, -0.2) is 22.2 Å². The van der Waals surface area contributed by atoms with E-state index in [2.05, 4.69) is 10.3 Å². The van der Waals surface area contributed by atoms with E-state index >= 15 is 0 Å². The number of hydrogen-bond acceptors (Lipinski definition) is 6. The number of alkyl halides is 2. The molecule has 180 valence electrons. The molecule has 0 bridgehead atoms. The van der Waals surface area contributed by atoms with Gasteiger partial charge in [-0.2, -0.15) is 0 Å². The van der Waals surface area contributed by atoms with E-state index in [0.29, 0.717) is 18.7 Å². The second kappa shape index (κ2) is 9.44. The van der Waals surface area contributed by atoms with Crippen LogP contribution in [0.4, 0.5) is 14.5 Å². The molecule has 12 heteroatoms. The number of carbonyl (C=O) groups excluding carboxylic acids is 1. The molecule has 2 aliphatic rings. The van der Waals surface area contributed by atoms with Crippen LogP contribution in [0.15, 0.2) is 23.7 Å². The molecular weight excluding hydrogens is 494 g/mol. The first-order chi connectivity index (χ1) is 15.6. The highest BCUT2D eigenvalue weighted by Gasteiger charge is 2.37. The van der Waals surface area contributed by atoms with Gasteiger partial charge >= 0.3 is 0 Å². The molecular formula is C21H25ClF2N4O3S2. The number of sulfonamides is 1. The topological polar surface area (TPSA) is 82.6 Å². The number of benzene rings is 1. The summed E-state index contributed by atoms with van der Waals surface area (Å²) in [5.41, 5.74) is 3.18. The molecule has 1 aromatic carbocycles. The summed E-state index contributed by atoms with van der Waals surface area (Å²) in [6, 6.07) is 4.29. The average Bonchev–Trinajstić information content (AvgIpc) is 3.33. The van der Waals surface area contributed by atoms with Crippen molar-refractivity contribution in [2.24, 2.45) is 0 Å². The predicted molar refractivity (Wildman–Crippen MR) is 125 cm³/mol. The van der Waals surface area contributed by atoms with E-state index in [0.717, 1.165) is 10.6 Å². The number of amides is 1. The molecule has 4 rings (SSSR count). The summed E-state index contributed by atoms with van der Waals surface area (Å²) in [6.45, 7) is 2.91. The number of likely N-dealkylation sites (tertiary alicyclic amines) is 1. The smallest absolute Gasteiger partial charge is 0.252 e. The molecule has 0 spiro atoms. The van der Waals surface area contributed by atoms with Crippen molar-refractivity contribution in [2.75, 3.05) is 36.2 Å². The Balaban J connectivity index is 1.48. The van der Waals surface area contributed by atoms with Gasteiger partial charge in [0.25, 0.3) is 11.8 Å². The van der Waals surface area contributed by atoms with Crippen LogP contribution in [0.2, 0.25) is 5.02 Å². The molecule has 2 aliphatic heterocycles. The minimum atomic E-state index is -3.35. The highest BCUT2D eigenvalue weighted by molar-refractivity contribution is 7.93. The zero-order valence-electron chi connectivity index (χ0n) is 18.1. The number of hydrogen-bond donors (Lipinski definition) is 1. The lowest BCUT2D eigenvalue weighted by atomic mass is 10.0. The van der Waals surface area contributed by atoms with Crippen molar-refractivity contribution < 1.29 is 22.0 Å². The van der Waals surface area contributed by atoms with Crippen molar-refractivity contribution in [3.8, 4) is 0 Å². The second-order valence-electron chi connectivity index (χ2n) is 8.33. The number of thiazole rings is 1. The van der Waals surface area contributed by atoms with Crippen LogP contribution in [-0.4, -0.2) is 62.1 Å². The maximum atomic E-state index is 13.7. The number of anilines is 1. The Hall–Kier alpha value is -1.82. The third-order valence-corrected chi connectivity index (χ3v) is 9.31. The summed E-state index contributed by atoms with van der Waals surface area (Å²) in [5.74, 6) is -2.98. The van der Waals surface area contributed by atoms with Gasteiger partial charge in [0.2, 0.25) is 10.0 Å². The van der Waals surface area contributed by atoms with E-state index in [-0.39, 0.29) is 54.9 Å². The summed E-state index contributed by atoms with van der Waals surface area (Å²) in [5, 5.41) is 3.02. The molecule has 3 heterocycles. The molecule has 33 heavy (non-hydrogen) atoms. The van der Waals surface area contributed by atoms with Gasteiger partial charge in [-0.05, 0) is 31.5 Å². The third kappa shape index (κ3) is 5.31. The molecule has 0 saturated carbocycles. The molecule has 1 unspecified atom stereocenters. The van der Waals surface area contributed by atoms with Gasteiger partial charge in [0.15, 0.2) is 0 Å². The lowest BCUT2D eigenvalue weighted by molar-refractivity contribution is -0.0629. The molecule has 2 fully saturated rings.